The Labute approximate surface area is 112 Å². The lowest BCUT2D eigenvalue weighted by molar-refractivity contribution is 0.219. The van der Waals surface area contributed by atoms with E-state index in [0.29, 0.717) is 10.5 Å². The number of nitrogens with one attached hydrogen (secondary N) is 1. The van der Waals surface area contributed by atoms with E-state index in [0.717, 1.165) is 11.1 Å². The van der Waals surface area contributed by atoms with Crippen molar-refractivity contribution in [3.63, 3.8) is 0 Å². The van der Waals surface area contributed by atoms with Crippen LogP contribution in [0.15, 0.2) is 41.5 Å². The second kappa shape index (κ2) is 4.45. The Kier molecular flexibility index (Phi) is 2.79. The number of rotatable bonds is 3. The number of halogens is 1. The van der Waals surface area contributed by atoms with Crippen LogP contribution in [0.3, 0.4) is 0 Å². The molecule has 0 saturated carbocycles. The highest BCUT2D eigenvalue weighted by atomic mass is 79.9. The molecule has 3 aromatic rings. The van der Waals surface area contributed by atoms with Gasteiger partial charge in [-0.2, -0.15) is 5.10 Å². The molecule has 0 bridgehead atoms. The molecule has 18 heavy (non-hydrogen) atoms. The van der Waals surface area contributed by atoms with Gasteiger partial charge in [-0.15, -0.1) is 0 Å². The normalized spacial score (nSPS) is 12.8. The second-order valence-electron chi connectivity index (χ2n) is 3.93. The van der Waals surface area contributed by atoms with Crippen LogP contribution in [0.5, 0.6) is 5.88 Å². The van der Waals surface area contributed by atoms with Crippen molar-refractivity contribution in [1.82, 2.24) is 19.6 Å². The number of fused-ring (bicyclic) bond motifs is 1. The lowest BCUT2D eigenvalue weighted by Gasteiger charge is -2.13. The summed E-state index contributed by atoms with van der Waals surface area (Å²) in [6, 6.07) is 3.86. The van der Waals surface area contributed by atoms with Gasteiger partial charge in [-0.05, 0) is 35.0 Å². The second-order valence-corrected chi connectivity index (χ2v) is 4.75. The maximum atomic E-state index is 5.89. The average Bonchev–Trinajstić information content (AvgIpc) is 2.98. The number of H-pyrrole nitrogens is 1. The molecule has 1 atom stereocenters. The molecule has 0 fully saturated rings. The van der Waals surface area contributed by atoms with Gasteiger partial charge >= 0.3 is 0 Å². The lowest BCUT2D eigenvalue weighted by Crippen LogP contribution is -2.05. The zero-order valence-corrected chi connectivity index (χ0v) is 11.3. The highest BCUT2D eigenvalue weighted by Gasteiger charge is 2.12. The van der Waals surface area contributed by atoms with Crippen molar-refractivity contribution in [2.75, 3.05) is 0 Å². The Morgan fingerprint density at radius 1 is 1.44 bits per heavy atom. The van der Waals surface area contributed by atoms with Gasteiger partial charge in [0.05, 0.1) is 12.4 Å². The van der Waals surface area contributed by atoms with Crippen LogP contribution in [0.25, 0.3) is 5.52 Å². The summed E-state index contributed by atoms with van der Waals surface area (Å²) >= 11 is 3.35. The van der Waals surface area contributed by atoms with Crippen molar-refractivity contribution in [1.29, 1.82) is 0 Å². The Morgan fingerprint density at radius 2 is 2.33 bits per heavy atom. The van der Waals surface area contributed by atoms with E-state index in [9.17, 15) is 0 Å². The minimum atomic E-state index is -0.0725. The van der Waals surface area contributed by atoms with Crippen LogP contribution in [0.2, 0.25) is 0 Å². The average molecular weight is 307 g/mol. The third-order valence-electron chi connectivity index (χ3n) is 2.71. The fourth-order valence-electron chi connectivity index (χ4n) is 1.78. The molecule has 0 spiro atoms. The van der Waals surface area contributed by atoms with Gasteiger partial charge in [0.1, 0.15) is 16.2 Å². The van der Waals surface area contributed by atoms with Crippen LogP contribution < -0.4 is 4.74 Å². The van der Waals surface area contributed by atoms with Gasteiger partial charge in [0.25, 0.3) is 0 Å². The van der Waals surface area contributed by atoms with E-state index in [4.69, 9.17) is 4.74 Å². The number of aromatic nitrogens is 4. The molecular formula is C12H11BrN4O. The molecule has 0 aliphatic heterocycles. The summed E-state index contributed by atoms with van der Waals surface area (Å²) in [5.41, 5.74) is 1.93. The smallest absolute Gasteiger partial charge is 0.241 e. The van der Waals surface area contributed by atoms with Crippen LogP contribution in [0.4, 0.5) is 0 Å². The Bertz CT molecular complexity index is 662. The molecule has 1 N–H and O–H groups in total. The van der Waals surface area contributed by atoms with Gasteiger partial charge in [-0.3, -0.25) is 0 Å². The van der Waals surface area contributed by atoms with Gasteiger partial charge < -0.3 is 9.72 Å². The molecule has 0 saturated heterocycles. The Hall–Kier alpha value is -1.82. The van der Waals surface area contributed by atoms with Gasteiger partial charge in [0.2, 0.25) is 5.88 Å². The first kappa shape index (κ1) is 11.3. The summed E-state index contributed by atoms with van der Waals surface area (Å²) in [5.74, 6) is 0.565. The molecule has 92 valence electrons. The topological polar surface area (TPSA) is 55.2 Å². The molecule has 3 aromatic heterocycles. The fourth-order valence-corrected chi connectivity index (χ4v) is 2.14. The van der Waals surface area contributed by atoms with Crippen LogP contribution in [-0.4, -0.2) is 19.6 Å². The largest absolute Gasteiger partial charge is 0.468 e. The zero-order valence-electron chi connectivity index (χ0n) is 9.67. The SMILES string of the molecule is C[C@@H](Oc1nc(Br)cn2nccc12)c1cc[nH]c1. The number of ether oxygens (including phenoxy) is 1. The molecule has 5 nitrogen and oxygen atoms in total. The summed E-state index contributed by atoms with van der Waals surface area (Å²) in [6.45, 7) is 1.98. The molecule has 0 aromatic carbocycles. The molecular weight excluding hydrogens is 296 g/mol. The molecule has 6 heteroatoms. The van der Waals surface area contributed by atoms with E-state index >= 15 is 0 Å². The number of hydrogen-bond acceptors (Lipinski definition) is 3. The van der Waals surface area contributed by atoms with Crippen LogP contribution in [-0.2, 0) is 0 Å². The first-order valence-electron chi connectivity index (χ1n) is 5.53. The molecule has 0 aliphatic rings. The van der Waals surface area contributed by atoms with Crippen molar-refractivity contribution in [3.05, 3.63) is 47.1 Å². The summed E-state index contributed by atoms with van der Waals surface area (Å²) < 4.78 is 8.31. The van der Waals surface area contributed by atoms with Crippen LogP contribution >= 0.6 is 15.9 Å². The van der Waals surface area contributed by atoms with Gasteiger partial charge in [-0.1, -0.05) is 0 Å². The van der Waals surface area contributed by atoms with E-state index in [1.165, 1.54) is 0 Å². The zero-order chi connectivity index (χ0) is 12.5. The summed E-state index contributed by atoms with van der Waals surface area (Å²) in [7, 11) is 0. The quantitative estimate of drug-likeness (QED) is 0.809. The minimum absolute atomic E-state index is 0.0725. The number of aromatic amines is 1. The highest BCUT2D eigenvalue weighted by molar-refractivity contribution is 9.10. The van der Waals surface area contributed by atoms with Crippen LogP contribution in [0, 0.1) is 0 Å². The summed E-state index contributed by atoms with van der Waals surface area (Å²) in [4.78, 5) is 7.36. The van der Waals surface area contributed by atoms with Crippen molar-refractivity contribution >= 4 is 21.4 Å². The van der Waals surface area contributed by atoms with Gasteiger partial charge in [0, 0.05) is 18.0 Å². The van der Waals surface area contributed by atoms with Crippen molar-refractivity contribution in [3.8, 4) is 5.88 Å². The predicted molar refractivity (Wildman–Crippen MR) is 70.5 cm³/mol. The summed E-state index contributed by atoms with van der Waals surface area (Å²) in [6.07, 6.45) is 7.23. The van der Waals surface area contributed by atoms with E-state index in [2.05, 4.69) is 31.0 Å². The highest BCUT2D eigenvalue weighted by Crippen LogP contribution is 2.25. The number of nitrogens with zero attached hydrogens (tertiary/aromatic N) is 3. The Morgan fingerprint density at radius 3 is 3.11 bits per heavy atom. The molecule has 0 aliphatic carbocycles. The molecule has 0 unspecified atom stereocenters. The maximum Gasteiger partial charge on any atom is 0.241 e. The molecule has 0 radical (unpaired) electrons. The predicted octanol–water partition coefficient (Wildman–Crippen LogP) is 2.96. The van der Waals surface area contributed by atoms with Crippen molar-refractivity contribution < 1.29 is 4.74 Å². The minimum Gasteiger partial charge on any atom is -0.468 e. The van der Waals surface area contributed by atoms with E-state index in [-0.39, 0.29) is 6.10 Å². The van der Waals surface area contributed by atoms with Gasteiger partial charge in [0.15, 0.2) is 0 Å². The van der Waals surface area contributed by atoms with Crippen molar-refractivity contribution in [2.45, 2.75) is 13.0 Å². The van der Waals surface area contributed by atoms with E-state index in [1.807, 2.05) is 31.5 Å². The first-order valence-corrected chi connectivity index (χ1v) is 6.32. The lowest BCUT2D eigenvalue weighted by atomic mass is 10.2. The monoisotopic (exact) mass is 306 g/mol. The van der Waals surface area contributed by atoms with E-state index < -0.39 is 0 Å². The van der Waals surface area contributed by atoms with Crippen molar-refractivity contribution in [2.24, 2.45) is 0 Å². The first-order chi connectivity index (χ1) is 8.74. The van der Waals surface area contributed by atoms with E-state index in [1.54, 1.807) is 16.9 Å². The standard InChI is InChI=1S/C12H11BrN4O/c1-8(9-2-4-14-6-9)18-12-10-3-5-15-17(10)7-11(13)16-12/h2-8,14H,1H3/t8-/m1/s1. The molecule has 3 rings (SSSR count). The number of hydrogen-bond donors (Lipinski definition) is 1. The third-order valence-corrected chi connectivity index (χ3v) is 3.09. The summed E-state index contributed by atoms with van der Waals surface area (Å²) in [5, 5.41) is 4.17. The molecule has 3 heterocycles. The Balaban J connectivity index is 1.97. The van der Waals surface area contributed by atoms with Gasteiger partial charge in [-0.25, -0.2) is 9.50 Å². The third kappa shape index (κ3) is 1.99. The fraction of sp³-hybridized carbons (Fsp3) is 0.167. The molecule has 0 amide bonds. The van der Waals surface area contributed by atoms with Crippen LogP contribution in [0.1, 0.15) is 18.6 Å². The maximum absolute atomic E-state index is 5.89.